The summed E-state index contributed by atoms with van der Waals surface area (Å²) in [7, 11) is 0. The predicted octanol–water partition coefficient (Wildman–Crippen LogP) is 9.75. The van der Waals surface area contributed by atoms with Crippen LogP contribution in [0.5, 0.6) is 0 Å². The number of hydrogen-bond acceptors (Lipinski definition) is 8. The fourth-order valence-corrected chi connectivity index (χ4v) is 8.02. The van der Waals surface area contributed by atoms with E-state index in [2.05, 4.69) is 129 Å². The van der Waals surface area contributed by atoms with Gasteiger partial charge in [-0.05, 0) is 70.2 Å². The van der Waals surface area contributed by atoms with Crippen molar-refractivity contribution in [3.63, 3.8) is 0 Å². The second-order valence-electron chi connectivity index (χ2n) is 13.9. The second-order valence-corrected chi connectivity index (χ2v) is 13.9. The summed E-state index contributed by atoms with van der Waals surface area (Å²) in [5.74, 6) is 3.87. The fourth-order valence-electron chi connectivity index (χ4n) is 8.02. The molecule has 0 aliphatic carbocycles. The first-order chi connectivity index (χ1) is 27.3. The number of pyridine rings is 1. The largest absolute Gasteiger partial charge is 0.309 e. The van der Waals surface area contributed by atoms with Crippen molar-refractivity contribution in [2.45, 2.75) is 27.7 Å². The van der Waals surface area contributed by atoms with Gasteiger partial charge in [0.15, 0.2) is 11.6 Å². The average Bonchev–Trinajstić information content (AvgIpc) is 3.72. The van der Waals surface area contributed by atoms with E-state index in [1.165, 1.54) is 0 Å². The lowest BCUT2D eigenvalue weighted by Crippen LogP contribution is -2.04. The van der Waals surface area contributed by atoms with E-state index < -0.39 is 0 Å². The van der Waals surface area contributed by atoms with Crippen molar-refractivity contribution in [2.24, 2.45) is 0 Å². The van der Waals surface area contributed by atoms with Crippen molar-refractivity contribution in [3.8, 4) is 51.3 Å². The van der Waals surface area contributed by atoms with Crippen LogP contribution in [0.4, 0.5) is 0 Å². The molecule has 0 aliphatic heterocycles. The average molecular weight is 725 g/mol. The second kappa shape index (κ2) is 12.7. The minimum absolute atomic E-state index is 0.512. The third kappa shape index (κ3) is 5.28. The van der Waals surface area contributed by atoms with Gasteiger partial charge in [-0.3, -0.25) is 4.98 Å². The molecule has 0 amide bonds. The molecular weight excluding hydrogens is 693 g/mol. The van der Waals surface area contributed by atoms with Crippen LogP contribution >= 0.6 is 0 Å². The van der Waals surface area contributed by atoms with E-state index in [1.807, 2.05) is 64.2 Å². The molecule has 5 heterocycles. The van der Waals surface area contributed by atoms with E-state index in [9.17, 15) is 5.26 Å². The summed E-state index contributed by atoms with van der Waals surface area (Å²) in [5, 5.41) is 15.4. The number of benzene rings is 5. The number of aryl methyl sites for hydroxylation is 4. The molecule has 0 spiro atoms. The zero-order chi connectivity index (χ0) is 38.1. The summed E-state index contributed by atoms with van der Waals surface area (Å²) >= 11 is 0. The van der Waals surface area contributed by atoms with Crippen LogP contribution in [0.1, 0.15) is 28.9 Å². The number of rotatable bonds is 5. The molecule has 56 heavy (non-hydrogen) atoms. The van der Waals surface area contributed by atoms with Crippen LogP contribution in [0.2, 0.25) is 0 Å². The summed E-state index contributed by atoms with van der Waals surface area (Å²) in [6, 6.07) is 40.0. The number of hydrogen-bond donors (Lipinski definition) is 0. The molecule has 10 nitrogen and oxygen atoms in total. The molecule has 5 aromatic heterocycles. The number of nitrogens with zero attached hydrogens (tertiary/aromatic N) is 10. The SMILES string of the molecule is Cc1nc(C)nc(-c2ccc3c4ccccc4n(-c4cc(-c5cccnc5)c(-n5c6ccccc6c6ccc(-c7nc(C)nc(C)n7)cc65)cc4C#N)c3c2)n1. The van der Waals surface area contributed by atoms with Gasteiger partial charge in [0.1, 0.15) is 29.4 Å². The van der Waals surface area contributed by atoms with Gasteiger partial charge in [-0.2, -0.15) is 5.26 Å². The molecule has 0 saturated carbocycles. The molecule has 0 saturated heterocycles. The molecule has 10 aromatic rings. The zero-order valence-electron chi connectivity index (χ0n) is 31.0. The lowest BCUT2D eigenvalue weighted by Gasteiger charge is -2.19. The molecule has 10 heteroatoms. The number of nitriles is 1. The third-order valence-corrected chi connectivity index (χ3v) is 10.3. The van der Waals surface area contributed by atoms with Crippen LogP contribution in [0.3, 0.4) is 0 Å². The maximum atomic E-state index is 11.1. The Morgan fingerprint density at radius 1 is 0.464 bits per heavy atom. The quantitative estimate of drug-likeness (QED) is 0.172. The standard InChI is InChI=1S/C46H32N10/c1-26-49-27(2)52-45(51-26)30-15-17-36-34-11-5-7-13-39(34)55(42(36)20-30)41-23-38(32-10-9-19-48-25-32)44(22-33(41)24-47)56-40-14-8-6-12-35(40)37-18-16-31(21-43(37)56)46-53-28(3)50-29(4)54-46/h5-23,25H,1-4H3. The Kier molecular flexibility index (Phi) is 7.50. The molecule has 0 aliphatic rings. The Morgan fingerprint density at radius 2 is 0.964 bits per heavy atom. The molecule has 266 valence electrons. The van der Waals surface area contributed by atoms with Gasteiger partial charge in [-0.1, -0.05) is 66.7 Å². The van der Waals surface area contributed by atoms with Crippen molar-refractivity contribution in [1.29, 1.82) is 5.26 Å². The summed E-state index contributed by atoms with van der Waals surface area (Å²) in [4.78, 5) is 32.1. The normalized spacial score (nSPS) is 11.6. The Morgan fingerprint density at radius 3 is 1.46 bits per heavy atom. The maximum absolute atomic E-state index is 11.1. The first-order valence-electron chi connectivity index (χ1n) is 18.3. The van der Waals surface area contributed by atoms with Crippen molar-refractivity contribution in [2.75, 3.05) is 0 Å². The number of para-hydroxylation sites is 2. The maximum Gasteiger partial charge on any atom is 0.163 e. The Hall–Kier alpha value is -7.64. The highest BCUT2D eigenvalue weighted by Crippen LogP contribution is 2.41. The smallest absolute Gasteiger partial charge is 0.163 e. The van der Waals surface area contributed by atoms with Crippen molar-refractivity contribution >= 4 is 43.6 Å². The zero-order valence-corrected chi connectivity index (χ0v) is 31.0. The van der Waals surface area contributed by atoms with E-state index in [-0.39, 0.29) is 0 Å². The van der Waals surface area contributed by atoms with Crippen LogP contribution in [0.25, 0.3) is 88.9 Å². The van der Waals surface area contributed by atoms with Crippen LogP contribution in [-0.2, 0) is 0 Å². The minimum Gasteiger partial charge on any atom is -0.309 e. The fraction of sp³-hybridized carbons (Fsp3) is 0.0870. The molecule has 0 radical (unpaired) electrons. The van der Waals surface area contributed by atoms with Crippen LogP contribution < -0.4 is 0 Å². The summed E-state index contributed by atoms with van der Waals surface area (Å²) in [5.41, 5.74) is 9.56. The number of aromatic nitrogens is 9. The Bertz CT molecular complexity index is 3220. The van der Waals surface area contributed by atoms with Gasteiger partial charge in [0.2, 0.25) is 0 Å². The van der Waals surface area contributed by atoms with Crippen LogP contribution in [0.15, 0.2) is 122 Å². The highest BCUT2D eigenvalue weighted by atomic mass is 15.0. The number of fused-ring (bicyclic) bond motifs is 6. The van der Waals surface area contributed by atoms with E-state index in [0.717, 1.165) is 77.2 Å². The summed E-state index contributed by atoms with van der Waals surface area (Å²) in [6.45, 7) is 7.51. The lowest BCUT2D eigenvalue weighted by molar-refractivity contribution is 0.928. The highest BCUT2D eigenvalue weighted by Gasteiger charge is 2.23. The minimum atomic E-state index is 0.512. The molecule has 0 unspecified atom stereocenters. The van der Waals surface area contributed by atoms with Crippen molar-refractivity contribution in [3.05, 3.63) is 150 Å². The van der Waals surface area contributed by atoms with Gasteiger partial charge in [-0.15, -0.1) is 0 Å². The molecule has 0 bridgehead atoms. The van der Waals surface area contributed by atoms with Gasteiger partial charge in [-0.25, -0.2) is 29.9 Å². The van der Waals surface area contributed by atoms with Crippen molar-refractivity contribution in [1.82, 2.24) is 44.0 Å². The highest BCUT2D eigenvalue weighted by molar-refractivity contribution is 6.12. The van der Waals surface area contributed by atoms with Gasteiger partial charge in [0.05, 0.1) is 39.0 Å². The summed E-state index contributed by atoms with van der Waals surface area (Å²) in [6.07, 6.45) is 3.65. The molecule has 10 rings (SSSR count). The van der Waals surface area contributed by atoms with E-state index in [0.29, 0.717) is 40.5 Å². The molecule has 0 N–H and O–H groups in total. The lowest BCUT2D eigenvalue weighted by atomic mass is 10.00. The third-order valence-electron chi connectivity index (χ3n) is 10.3. The van der Waals surface area contributed by atoms with Gasteiger partial charge in [0, 0.05) is 56.2 Å². The topological polar surface area (TPSA) is 124 Å². The summed E-state index contributed by atoms with van der Waals surface area (Å²) < 4.78 is 4.43. The molecule has 5 aromatic carbocycles. The Balaban J connectivity index is 1.29. The molecule has 0 atom stereocenters. The van der Waals surface area contributed by atoms with E-state index >= 15 is 0 Å². The molecule has 0 fully saturated rings. The van der Waals surface area contributed by atoms with Crippen LogP contribution in [0, 0.1) is 39.0 Å². The first-order valence-corrected chi connectivity index (χ1v) is 18.3. The van der Waals surface area contributed by atoms with E-state index in [4.69, 9.17) is 0 Å². The van der Waals surface area contributed by atoms with Crippen molar-refractivity contribution < 1.29 is 0 Å². The molecular formula is C46H32N10. The van der Waals surface area contributed by atoms with Crippen LogP contribution in [-0.4, -0.2) is 44.0 Å². The Labute approximate surface area is 321 Å². The predicted molar refractivity (Wildman–Crippen MR) is 220 cm³/mol. The van der Waals surface area contributed by atoms with Gasteiger partial charge < -0.3 is 9.13 Å². The monoisotopic (exact) mass is 724 g/mol. The van der Waals surface area contributed by atoms with Gasteiger partial charge >= 0.3 is 0 Å². The first kappa shape index (κ1) is 33.0. The van der Waals surface area contributed by atoms with Gasteiger partial charge in [0.25, 0.3) is 0 Å². The van der Waals surface area contributed by atoms with E-state index in [1.54, 1.807) is 6.20 Å².